The predicted octanol–water partition coefficient (Wildman–Crippen LogP) is -0.119. The van der Waals surface area contributed by atoms with E-state index in [2.05, 4.69) is 10.6 Å². The molecule has 6 heteroatoms. The van der Waals surface area contributed by atoms with Gasteiger partial charge in [-0.05, 0) is 33.1 Å². The molecule has 2 rings (SSSR count). The number of nitrogens with zero attached hydrogens (tertiary/aromatic N) is 1. The van der Waals surface area contributed by atoms with Crippen LogP contribution in [0.3, 0.4) is 0 Å². The minimum atomic E-state index is -0.475. The van der Waals surface area contributed by atoms with Gasteiger partial charge in [0.2, 0.25) is 11.8 Å². The molecular formula is C14H25N3O3. The summed E-state index contributed by atoms with van der Waals surface area (Å²) in [5.74, 6) is -0.141. The maximum atomic E-state index is 12.3. The van der Waals surface area contributed by atoms with E-state index in [9.17, 15) is 9.59 Å². The second-order valence-electron chi connectivity index (χ2n) is 5.62. The number of rotatable bonds is 3. The standard InChI is InChI=1S/C14H25N3O3/c1-10(14(19)17-7-4-3-5-8-17)16-13(18)12-11(2)20-9-6-15-12/h10-12,15H,3-9H2,1-2H3,(H,16,18)/t10?,11-,12+/m1/s1. The van der Waals surface area contributed by atoms with E-state index in [-0.39, 0.29) is 24.0 Å². The van der Waals surface area contributed by atoms with Gasteiger partial charge >= 0.3 is 0 Å². The molecule has 1 unspecified atom stereocenters. The highest BCUT2D eigenvalue weighted by Crippen LogP contribution is 2.10. The summed E-state index contributed by atoms with van der Waals surface area (Å²) in [5.41, 5.74) is 0. The highest BCUT2D eigenvalue weighted by atomic mass is 16.5. The third-order valence-corrected chi connectivity index (χ3v) is 4.00. The maximum Gasteiger partial charge on any atom is 0.244 e. The summed E-state index contributed by atoms with van der Waals surface area (Å²) in [6.45, 7) is 6.52. The van der Waals surface area contributed by atoms with Gasteiger partial charge in [-0.3, -0.25) is 9.59 Å². The molecule has 20 heavy (non-hydrogen) atoms. The Balaban J connectivity index is 1.84. The molecule has 2 heterocycles. The van der Waals surface area contributed by atoms with E-state index in [4.69, 9.17) is 4.74 Å². The molecule has 2 aliphatic rings. The second kappa shape index (κ2) is 7.04. The molecule has 6 nitrogen and oxygen atoms in total. The van der Waals surface area contributed by atoms with Crippen LogP contribution in [0.2, 0.25) is 0 Å². The first-order valence-corrected chi connectivity index (χ1v) is 7.53. The highest BCUT2D eigenvalue weighted by molar-refractivity contribution is 5.89. The molecule has 0 spiro atoms. The van der Waals surface area contributed by atoms with E-state index < -0.39 is 6.04 Å². The monoisotopic (exact) mass is 283 g/mol. The van der Waals surface area contributed by atoms with Crippen molar-refractivity contribution in [1.29, 1.82) is 0 Å². The second-order valence-corrected chi connectivity index (χ2v) is 5.62. The highest BCUT2D eigenvalue weighted by Gasteiger charge is 2.31. The molecule has 0 radical (unpaired) electrons. The molecule has 0 aromatic heterocycles. The Morgan fingerprint density at radius 3 is 2.65 bits per heavy atom. The summed E-state index contributed by atoms with van der Waals surface area (Å²) in [7, 11) is 0. The van der Waals surface area contributed by atoms with Crippen LogP contribution >= 0.6 is 0 Å². The fourth-order valence-corrected chi connectivity index (χ4v) is 2.78. The Bertz CT molecular complexity index is 356. The Morgan fingerprint density at radius 1 is 1.30 bits per heavy atom. The SMILES string of the molecule is CC(NC(=O)[C@H]1NCCO[C@@H]1C)C(=O)N1CCCCC1. The Morgan fingerprint density at radius 2 is 2.00 bits per heavy atom. The largest absolute Gasteiger partial charge is 0.375 e. The summed E-state index contributed by atoms with van der Waals surface area (Å²) in [6, 6.07) is -0.850. The number of carbonyl (C=O) groups excluding carboxylic acids is 2. The van der Waals surface area contributed by atoms with E-state index in [0.717, 1.165) is 25.9 Å². The van der Waals surface area contributed by atoms with E-state index in [0.29, 0.717) is 13.2 Å². The molecule has 114 valence electrons. The molecule has 0 aliphatic carbocycles. The lowest BCUT2D eigenvalue weighted by atomic mass is 10.1. The van der Waals surface area contributed by atoms with Crippen LogP contribution < -0.4 is 10.6 Å². The first-order chi connectivity index (χ1) is 9.59. The quantitative estimate of drug-likeness (QED) is 0.757. The zero-order valence-corrected chi connectivity index (χ0v) is 12.4. The van der Waals surface area contributed by atoms with Gasteiger partial charge < -0.3 is 20.3 Å². The lowest BCUT2D eigenvalue weighted by Gasteiger charge is -2.32. The van der Waals surface area contributed by atoms with Crippen LogP contribution in [0.15, 0.2) is 0 Å². The van der Waals surface area contributed by atoms with Crippen molar-refractivity contribution in [2.24, 2.45) is 0 Å². The van der Waals surface area contributed by atoms with Crippen LogP contribution in [0.1, 0.15) is 33.1 Å². The first-order valence-electron chi connectivity index (χ1n) is 7.53. The molecule has 0 saturated carbocycles. The van der Waals surface area contributed by atoms with Crippen LogP contribution in [0.4, 0.5) is 0 Å². The molecule has 2 aliphatic heterocycles. The average Bonchev–Trinajstić information content (AvgIpc) is 2.47. The van der Waals surface area contributed by atoms with E-state index in [1.165, 1.54) is 6.42 Å². The Kier molecular flexibility index (Phi) is 5.37. The van der Waals surface area contributed by atoms with Crippen molar-refractivity contribution in [3.63, 3.8) is 0 Å². The Labute approximate surface area is 120 Å². The summed E-state index contributed by atoms with van der Waals surface area (Å²) in [5, 5.41) is 5.93. The van der Waals surface area contributed by atoms with Gasteiger partial charge in [0.05, 0.1) is 12.7 Å². The van der Waals surface area contributed by atoms with Crippen LogP contribution in [0, 0.1) is 0 Å². The summed E-state index contributed by atoms with van der Waals surface area (Å²) >= 11 is 0. The zero-order chi connectivity index (χ0) is 14.5. The smallest absolute Gasteiger partial charge is 0.244 e. The van der Waals surface area contributed by atoms with Crippen molar-refractivity contribution in [2.45, 2.75) is 51.3 Å². The maximum absolute atomic E-state index is 12.3. The first kappa shape index (κ1) is 15.3. The number of hydrogen-bond donors (Lipinski definition) is 2. The van der Waals surface area contributed by atoms with Gasteiger partial charge in [0.25, 0.3) is 0 Å². The fraction of sp³-hybridized carbons (Fsp3) is 0.857. The molecule has 0 bridgehead atoms. The third-order valence-electron chi connectivity index (χ3n) is 4.00. The normalized spacial score (nSPS) is 28.8. The molecule has 2 N–H and O–H groups in total. The average molecular weight is 283 g/mol. The minimum absolute atomic E-state index is 0.0161. The van der Waals surface area contributed by atoms with Crippen molar-refractivity contribution in [2.75, 3.05) is 26.2 Å². The minimum Gasteiger partial charge on any atom is -0.375 e. The Hall–Kier alpha value is -1.14. The van der Waals surface area contributed by atoms with Gasteiger partial charge in [-0.25, -0.2) is 0 Å². The molecule has 2 fully saturated rings. The van der Waals surface area contributed by atoms with E-state index >= 15 is 0 Å². The molecule has 0 aromatic carbocycles. The number of amides is 2. The van der Waals surface area contributed by atoms with Crippen molar-refractivity contribution in [3.8, 4) is 0 Å². The van der Waals surface area contributed by atoms with Crippen LogP contribution in [-0.4, -0.2) is 61.1 Å². The number of nitrogens with one attached hydrogen (secondary N) is 2. The number of morpholine rings is 1. The lowest BCUT2D eigenvalue weighted by Crippen LogP contribution is -2.58. The van der Waals surface area contributed by atoms with Gasteiger partial charge in [-0.1, -0.05) is 0 Å². The van der Waals surface area contributed by atoms with Gasteiger partial charge in [0, 0.05) is 19.6 Å². The molecule has 2 saturated heterocycles. The van der Waals surface area contributed by atoms with Crippen LogP contribution in [0.5, 0.6) is 0 Å². The van der Waals surface area contributed by atoms with Gasteiger partial charge in [-0.15, -0.1) is 0 Å². The van der Waals surface area contributed by atoms with E-state index in [1.807, 2.05) is 11.8 Å². The zero-order valence-electron chi connectivity index (χ0n) is 12.4. The molecular weight excluding hydrogens is 258 g/mol. The number of likely N-dealkylation sites (tertiary alicyclic amines) is 1. The third kappa shape index (κ3) is 3.70. The lowest BCUT2D eigenvalue weighted by molar-refractivity contribution is -0.138. The van der Waals surface area contributed by atoms with Crippen molar-refractivity contribution >= 4 is 11.8 Å². The molecule has 2 amide bonds. The summed E-state index contributed by atoms with van der Waals surface area (Å²) in [6.07, 6.45) is 3.13. The molecule has 3 atom stereocenters. The van der Waals surface area contributed by atoms with Crippen molar-refractivity contribution < 1.29 is 14.3 Å². The topological polar surface area (TPSA) is 70.7 Å². The van der Waals surface area contributed by atoms with Crippen LogP contribution in [-0.2, 0) is 14.3 Å². The van der Waals surface area contributed by atoms with Gasteiger partial charge in [0.1, 0.15) is 12.1 Å². The van der Waals surface area contributed by atoms with Crippen molar-refractivity contribution in [1.82, 2.24) is 15.5 Å². The van der Waals surface area contributed by atoms with Crippen LogP contribution in [0.25, 0.3) is 0 Å². The predicted molar refractivity (Wildman–Crippen MR) is 75.2 cm³/mol. The fourth-order valence-electron chi connectivity index (χ4n) is 2.78. The number of ether oxygens (including phenoxy) is 1. The number of carbonyl (C=O) groups is 2. The van der Waals surface area contributed by atoms with Gasteiger partial charge in [-0.2, -0.15) is 0 Å². The summed E-state index contributed by atoms with van der Waals surface area (Å²) in [4.78, 5) is 26.3. The van der Waals surface area contributed by atoms with Gasteiger partial charge in [0.15, 0.2) is 0 Å². The molecule has 0 aromatic rings. The summed E-state index contributed by atoms with van der Waals surface area (Å²) < 4.78 is 5.45. The number of piperidine rings is 1. The van der Waals surface area contributed by atoms with Crippen molar-refractivity contribution in [3.05, 3.63) is 0 Å². The van der Waals surface area contributed by atoms with E-state index in [1.54, 1.807) is 6.92 Å². The number of hydrogen-bond acceptors (Lipinski definition) is 4.